The molecule has 0 amide bonds. The SMILES string of the molecule is CC(=O)OC(F)C(F)CCCCF. The Balaban J connectivity index is 3.56. The molecule has 0 aliphatic carbocycles. The first-order valence-corrected chi connectivity index (χ1v) is 4.09. The molecule has 13 heavy (non-hydrogen) atoms. The van der Waals surface area contributed by atoms with E-state index in [0.717, 1.165) is 6.92 Å². The lowest BCUT2D eigenvalue weighted by atomic mass is 10.2. The molecule has 2 unspecified atom stereocenters. The Bertz CT molecular complexity index is 152. The number of hydrogen-bond acceptors (Lipinski definition) is 2. The minimum atomic E-state index is -2.22. The van der Waals surface area contributed by atoms with Gasteiger partial charge in [0.15, 0.2) is 6.17 Å². The van der Waals surface area contributed by atoms with Gasteiger partial charge in [-0.05, 0) is 19.3 Å². The summed E-state index contributed by atoms with van der Waals surface area (Å²) < 4.78 is 40.8. The first-order valence-electron chi connectivity index (χ1n) is 4.09. The summed E-state index contributed by atoms with van der Waals surface area (Å²) in [6.45, 7) is 0.456. The Hall–Kier alpha value is -0.740. The lowest BCUT2D eigenvalue weighted by Crippen LogP contribution is -2.22. The minimum absolute atomic E-state index is 0.127. The fourth-order valence-electron chi connectivity index (χ4n) is 0.797. The van der Waals surface area contributed by atoms with Gasteiger partial charge in [-0.2, -0.15) is 4.39 Å². The molecule has 0 saturated heterocycles. The van der Waals surface area contributed by atoms with Crippen molar-refractivity contribution in [1.82, 2.24) is 0 Å². The van der Waals surface area contributed by atoms with Crippen molar-refractivity contribution in [2.75, 3.05) is 6.67 Å². The zero-order valence-corrected chi connectivity index (χ0v) is 7.43. The van der Waals surface area contributed by atoms with E-state index >= 15 is 0 Å². The van der Waals surface area contributed by atoms with Crippen molar-refractivity contribution >= 4 is 5.97 Å². The molecule has 0 fully saturated rings. The number of carbonyl (C=O) groups excluding carboxylic acids is 1. The summed E-state index contributed by atoms with van der Waals surface area (Å²) in [5.41, 5.74) is 0. The molecule has 2 atom stereocenters. The zero-order chi connectivity index (χ0) is 10.3. The quantitative estimate of drug-likeness (QED) is 0.483. The number of carbonyl (C=O) groups is 1. The molecule has 0 aromatic carbocycles. The van der Waals surface area contributed by atoms with Gasteiger partial charge in [-0.25, -0.2) is 4.39 Å². The van der Waals surface area contributed by atoms with Gasteiger partial charge >= 0.3 is 5.97 Å². The van der Waals surface area contributed by atoms with Crippen LogP contribution < -0.4 is 0 Å². The predicted octanol–water partition coefficient (Wildman–Crippen LogP) is 2.32. The van der Waals surface area contributed by atoms with Crippen molar-refractivity contribution in [3.05, 3.63) is 0 Å². The molecule has 0 aromatic rings. The summed E-state index contributed by atoms with van der Waals surface area (Å²) in [7, 11) is 0. The van der Waals surface area contributed by atoms with Crippen LogP contribution in [0.1, 0.15) is 26.2 Å². The summed E-state index contributed by atoms with van der Waals surface area (Å²) in [4.78, 5) is 10.2. The molecular formula is C8H13F3O2. The molecule has 5 heteroatoms. The standard InChI is InChI=1S/C8H13F3O2/c1-6(12)13-8(11)7(10)4-2-3-5-9/h7-8H,2-5H2,1H3. The van der Waals surface area contributed by atoms with Gasteiger partial charge < -0.3 is 4.74 Å². The Kier molecular flexibility index (Phi) is 6.36. The zero-order valence-electron chi connectivity index (χ0n) is 7.43. The topological polar surface area (TPSA) is 26.3 Å². The van der Waals surface area contributed by atoms with Crippen molar-refractivity contribution in [3.8, 4) is 0 Å². The summed E-state index contributed by atoms with van der Waals surface area (Å²) in [6, 6.07) is 0. The molecule has 0 rings (SSSR count). The van der Waals surface area contributed by atoms with Gasteiger partial charge in [0.05, 0.1) is 6.67 Å². The number of unbranched alkanes of at least 4 members (excludes halogenated alkanes) is 1. The Morgan fingerprint density at radius 2 is 2.00 bits per heavy atom. The van der Waals surface area contributed by atoms with E-state index in [2.05, 4.69) is 4.74 Å². The summed E-state index contributed by atoms with van der Waals surface area (Å²) in [6.07, 6.45) is -3.75. The lowest BCUT2D eigenvalue weighted by molar-refractivity contribution is -0.162. The summed E-state index contributed by atoms with van der Waals surface area (Å²) in [5.74, 6) is -0.861. The van der Waals surface area contributed by atoms with Gasteiger partial charge in [-0.3, -0.25) is 9.18 Å². The number of ether oxygens (including phenoxy) is 1. The molecule has 0 N–H and O–H groups in total. The van der Waals surface area contributed by atoms with Crippen molar-refractivity contribution in [3.63, 3.8) is 0 Å². The first-order chi connectivity index (χ1) is 6.07. The Morgan fingerprint density at radius 3 is 2.46 bits per heavy atom. The number of rotatable bonds is 6. The second-order valence-electron chi connectivity index (χ2n) is 2.66. The van der Waals surface area contributed by atoms with Crippen molar-refractivity contribution < 1.29 is 22.7 Å². The average Bonchev–Trinajstić information content (AvgIpc) is 2.03. The van der Waals surface area contributed by atoms with Gasteiger partial charge in [0, 0.05) is 6.92 Å². The van der Waals surface area contributed by atoms with Crippen molar-refractivity contribution in [1.29, 1.82) is 0 Å². The van der Waals surface area contributed by atoms with E-state index in [0.29, 0.717) is 0 Å². The smallest absolute Gasteiger partial charge is 0.305 e. The van der Waals surface area contributed by atoms with Gasteiger partial charge in [-0.1, -0.05) is 0 Å². The Morgan fingerprint density at radius 1 is 1.38 bits per heavy atom. The molecule has 78 valence electrons. The van der Waals surface area contributed by atoms with E-state index in [1.807, 2.05) is 0 Å². The monoisotopic (exact) mass is 198 g/mol. The number of halogens is 3. The van der Waals surface area contributed by atoms with E-state index in [1.54, 1.807) is 0 Å². The third kappa shape index (κ3) is 6.42. The van der Waals surface area contributed by atoms with Gasteiger partial charge in [0.1, 0.15) is 0 Å². The van der Waals surface area contributed by atoms with Crippen LogP contribution in [0, 0.1) is 0 Å². The van der Waals surface area contributed by atoms with Crippen LogP contribution in [0.2, 0.25) is 0 Å². The van der Waals surface area contributed by atoms with Gasteiger partial charge in [-0.15, -0.1) is 0 Å². The number of alkyl halides is 3. The van der Waals surface area contributed by atoms with Crippen LogP contribution in [0.25, 0.3) is 0 Å². The molecular weight excluding hydrogens is 185 g/mol. The predicted molar refractivity (Wildman–Crippen MR) is 41.4 cm³/mol. The molecule has 0 spiro atoms. The summed E-state index contributed by atoms with van der Waals surface area (Å²) >= 11 is 0. The summed E-state index contributed by atoms with van der Waals surface area (Å²) in [5, 5.41) is 0. The van der Waals surface area contributed by atoms with Gasteiger partial charge in [0.2, 0.25) is 0 Å². The molecule has 0 heterocycles. The third-order valence-corrected chi connectivity index (χ3v) is 1.43. The van der Waals surface area contributed by atoms with Crippen LogP contribution >= 0.6 is 0 Å². The fraction of sp³-hybridized carbons (Fsp3) is 0.875. The van der Waals surface area contributed by atoms with E-state index in [4.69, 9.17) is 0 Å². The number of esters is 1. The van der Waals surface area contributed by atoms with Gasteiger partial charge in [0.25, 0.3) is 6.36 Å². The van der Waals surface area contributed by atoms with Crippen molar-refractivity contribution in [2.24, 2.45) is 0 Å². The highest BCUT2D eigenvalue weighted by atomic mass is 19.2. The van der Waals surface area contributed by atoms with E-state index in [9.17, 15) is 18.0 Å². The van der Waals surface area contributed by atoms with Crippen LogP contribution in [0.15, 0.2) is 0 Å². The van der Waals surface area contributed by atoms with Crippen LogP contribution in [0.4, 0.5) is 13.2 Å². The molecule has 0 saturated carbocycles. The minimum Gasteiger partial charge on any atom is -0.428 e. The lowest BCUT2D eigenvalue weighted by Gasteiger charge is -2.12. The highest BCUT2D eigenvalue weighted by Crippen LogP contribution is 2.13. The second-order valence-corrected chi connectivity index (χ2v) is 2.66. The molecule has 0 radical (unpaired) electrons. The van der Waals surface area contributed by atoms with Crippen LogP contribution in [-0.2, 0) is 9.53 Å². The van der Waals surface area contributed by atoms with E-state index < -0.39 is 25.2 Å². The second kappa shape index (κ2) is 6.74. The first kappa shape index (κ1) is 12.3. The van der Waals surface area contributed by atoms with Crippen molar-refractivity contribution in [2.45, 2.75) is 38.7 Å². The molecule has 0 aliphatic heterocycles. The third-order valence-electron chi connectivity index (χ3n) is 1.43. The average molecular weight is 198 g/mol. The number of hydrogen-bond donors (Lipinski definition) is 0. The van der Waals surface area contributed by atoms with Crippen LogP contribution in [-0.4, -0.2) is 25.2 Å². The Labute approximate surface area is 75.1 Å². The molecule has 2 nitrogen and oxygen atoms in total. The van der Waals surface area contributed by atoms with Crippen LogP contribution in [0.3, 0.4) is 0 Å². The molecule has 0 bridgehead atoms. The fourth-order valence-corrected chi connectivity index (χ4v) is 0.797. The highest BCUT2D eigenvalue weighted by Gasteiger charge is 2.22. The molecule has 0 aliphatic rings. The van der Waals surface area contributed by atoms with Crippen LogP contribution in [0.5, 0.6) is 0 Å². The largest absolute Gasteiger partial charge is 0.428 e. The normalized spacial score (nSPS) is 15.1. The highest BCUT2D eigenvalue weighted by molar-refractivity contribution is 5.66. The maximum Gasteiger partial charge on any atom is 0.305 e. The van der Waals surface area contributed by atoms with E-state index in [-0.39, 0.29) is 19.3 Å². The maximum absolute atomic E-state index is 12.7. The molecule has 0 aromatic heterocycles. The maximum atomic E-state index is 12.7. The van der Waals surface area contributed by atoms with E-state index in [1.165, 1.54) is 0 Å².